The summed E-state index contributed by atoms with van der Waals surface area (Å²) in [7, 11) is -1.72. The van der Waals surface area contributed by atoms with Crippen LogP contribution in [0.25, 0.3) is 0 Å². The molecule has 1 aromatic carbocycles. The summed E-state index contributed by atoms with van der Waals surface area (Å²) in [5.41, 5.74) is -0.0436. The molecule has 6 heteroatoms. The van der Waals surface area contributed by atoms with Crippen molar-refractivity contribution in [2.75, 3.05) is 0 Å². The molecule has 0 radical (unpaired) electrons. The van der Waals surface area contributed by atoms with Crippen molar-refractivity contribution in [3.8, 4) is 6.07 Å². The second-order valence-corrected chi connectivity index (χ2v) is 5.15. The van der Waals surface area contributed by atoms with E-state index in [4.69, 9.17) is 10.4 Å². The molecule has 17 heavy (non-hydrogen) atoms. The van der Waals surface area contributed by atoms with Gasteiger partial charge in [0.2, 0.25) is 0 Å². The Balaban J connectivity index is 2.94. The number of aliphatic carboxylic acids is 1. The molecule has 0 spiro atoms. The van der Waals surface area contributed by atoms with Crippen LogP contribution in [0.2, 0.25) is 0 Å². The fourth-order valence-electron chi connectivity index (χ4n) is 1.17. The summed E-state index contributed by atoms with van der Waals surface area (Å²) in [5, 5.41) is 16.2. The van der Waals surface area contributed by atoms with E-state index in [1.807, 2.05) is 0 Å². The zero-order chi connectivity index (χ0) is 13.0. The van der Waals surface area contributed by atoms with Gasteiger partial charge in [-0.3, -0.25) is 9.00 Å². The normalized spacial score (nSPS) is 13.7. The maximum absolute atomic E-state index is 13.6. The molecule has 2 unspecified atom stereocenters. The Hall–Kier alpha value is -1.74. The van der Waals surface area contributed by atoms with Crippen LogP contribution in [0.4, 0.5) is 4.39 Å². The zero-order valence-corrected chi connectivity index (χ0v) is 9.83. The Bertz CT molecular complexity index is 510. The van der Waals surface area contributed by atoms with Crippen LogP contribution in [0.5, 0.6) is 0 Å². The summed E-state index contributed by atoms with van der Waals surface area (Å²) in [5.74, 6) is -2.14. The van der Waals surface area contributed by atoms with Crippen molar-refractivity contribution in [3.05, 3.63) is 35.1 Å². The number of carboxylic acids is 1. The summed E-state index contributed by atoms with van der Waals surface area (Å²) in [6.45, 7) is 1.30. The van der Waals surface area contributed by atoms with Crippen LogP contribution in [-0.4, -0.2) is 20.5 Å². The summed E-state index contributed by atoms with van der Waals surface area (Å²) in [6.07, 6.45) is 0. The standard InChI is InChI=1S/C11H10FNO3S/c1-7(11(14)15)17(16)6-9-4-2-3-8(5-13)10(9)12/h2-4,7H,6H2,1H3,(H,14,15). The largest absolute Gasteiger partial charge is 0.480 e. The Kier molecular flexibility index (Phi) is 4.35. The van der Waals surface area contributed by atoms with Crippen molar-refractivity contribution < 1.29 is 18.5 Å². The van der Waals surface area contributed by atoms with Crippen LogP contribution in [0, 0.1) is 17.1 Å². The first kappa shape index (κ1) is 13.3. The van der Waals surface area contributed by atoms with Crippen LogP contribution >= 0.6 is 0 Å². The van der Waals surface area contributed by atoms with Crippen molar-refractivity contribution in [3.63, 3.8) is 0 Å². The highest BCUT2D eigenvalue weighted by atomic mass is 32.2. The Labute approximate surface area is 100 Å². The first-order valence-corrected chi connectivity index (χ1v) is 6.13. The molecule has 1 aromatic rings. The van der Waals surface area contributed by atoms with Crippen LogP contribution in [0.1, 0.15) is 18.1 Å². The molecule has 0 aliphatic rings. The number of halogens is 1. The minimum absolute atomic E-state index is 0.0930. The summed E-state index contributed by atoms with van der Waals surface area (Å²) >= 11 is 0. The van der Waals surface area contributed by atoms with Crippen LogP contribution in [0.3, 0.4) is 0 Å². The van der Waals surface area contributed by atoms with Crippen molar-refractivity contribution in [1.82, 2.24) is 0 Å². The topological polar surface area (TPSA) is 78.2 Å². The molecule has 1 rings (SSSR count). The molecule has 0 fully saturated rings. The minimum atomic E-state index is -1.72. The fraction of sp³-hybridized carbons (Fsp3) is 0.273. The average Bonchev–Trinajstić information content (AvgIpc) is 2.30. The van der Waals surface area contributed by atoms with Gasteiger partial charge in [-0.25, -0.2) is 4.39 Å². The maximum Gasteiger partial charge on any atom is 0.318 e. The van der Waals surface area contributed by atoms with Crippen LogP contribution in [0.15, 0.2) is 18.2 Å². The predicted octanol–water partition coefficient (Wildman–Crippen LogP) is 1.42. The van der Waals surface area contributed by atoms with Gasteiger partial charge in [0, 0.05) is 16.4 Å². The highest BCUT2D eigenvalue weighted by Gasteiger charge is 2.20. The van der Waals surface area contributed by atoms with Gasteiger partial charge in [0.05, 0.1) is 11.3 Å². The highest BCUT2D eigenvalue weighted by molar-refractivity contribution is 7.85. The fourth-order valence-corrected chi connectivity index (χ4v) is 2.17. The molecule has 1 N–H and O–H groups in total. The third-order valence-electron chi connectivity index (χ3n) is 2.24. The molecule has 0 saturated carbocycles. The highest BCUT2D eigenvalue weighted by Crippen LogP contribution is 2.15. The lowest BCUT2D eigenvalue weighted by molar-refractivity contribution is -0.136. The van der Waals surface area contributed by atoms with Crippen molar-refractivity contribution in [2.45, 2.75) is 17.9 Å². The second kappa shape index (κ2) is 5.55. The predicted molar refractivity (Wildman–Crippen MR) is 60.1 cm³/mol. The van der Waals surface area contributed by atoms with Gasteiger partial charge in [0.1, 0.15) is 17.1 Å². The third kappa shape index (κ3) is 3.11. The quantitative estimate of drug-likeness (QED) is 0.882. The first-order chi connectivity index (χ1) is 7.97. The maximum atomic E-state index is 13.6. The molecule has 90 valence electrons. The van der Waals surface area contributed by atoms with Gasteiger partial charge >= 0.3 is 5.97 Å². The van der Waals surface area contributed by atoms with Gasteiger partial charge < -0.3 is 5.11 Å². The summed E-state index contributed by atoms with van der Waals surface area (Å²) in [6, 6.07) is 5.84. The number of benzene rings is 1. The molecule has 0 amide bonds. The van der Waals surface area contributed by atoms with E-state index in [2.05, 4.69) is 0 Å². The number of nitriles is 1. The molecule has 0 heterocycles. The molecular formula is C11H10FNO3S. The van der Waals surface area contributed by atoms with Gasteiger partial charge in [-0.15, -0.1) is 0 Å². The monoisotopic (exact) mass is 255 g/mol. The molecule has 0 bridgehead atoms. The zero-order valence-electron chi connectivity index (χ0n) is 9.01. The average molecular weight is 255 g/mol. The van der Waals surface area contributed by atoms with Crippen LogP contribution < -0.4 is 0 Å². The van der Waals surface area contributed by atoms with E-state index in [0.29, 0.717) is 0 Å². The van der Waals surface area contributed by atoms with Crippen LogP contribution in [-0.2, 0) is 21.3 Å². The van der Waals surface area contributed by atoms with E-state index in [-0.39, 0.29) is 16.9 Å². The van der Waals surface area contributed by atoms with E-state index in [0.717, 1.165) is 0 Å². The van der Waals surface area contributed by atoms with Crippen molar-refractivity contribution >= 4 is 16.8 Å². The third-order valence-corrected chi connectivity index (χ3v) is 3.82. The van der Waals surface area contributed by atoms with E-state index >= 15 is 0 Å². The van der Waals surface area contributed by atoms with Gasteiger partial charge in [0.25, 0.3) is 0 Å². The molecular weight excluding hydrogens is 245 g/mol. The van der Waals surface area contributed by atoms with E-state index < -0.39 is 27.8 Å². The lowest BCUT2D eigenvalue weighted by atomic mass is 10.1. The molecule has 0 saturated heterocycles. The van der Waals surface area contributed by atoms with Gasteiger partial charge in [-0.2, -0.15) is 5.26 Å². The van der Waals surface area contributed by atoms with Crippen molar-refractivity contribution in [2.24, 2.45) is 0 Å². The number of hydrogen-bond acceptors (Lipinski definition) is 3. The van der Waals surface area contributed by atoms with Crippen molar-refractivity contribution in [1.29, 1.82) is 5.26 Å². The number of carbonyl (C=O) groups is 1. The Morgan fingerprint density at radius 2 is 2.29 bits per heavy atom. The lowest BCUT2D eigenvalue weighted by Crippen LogP contribution is -2.23. The molecule has 0 aliphatic heterocycles. The lowest BCUT2D eigenvalue weighted by Gasteiger charge is -2.07. The number of nitrogens with zero attached hydrogens (tertiary/aromatic N) is 1. The molecule has 4 nitrogen and oxygen atoms in total. The Morgan fingerprint density at radius 3 is 2.82 bits per heavy atom. The molecule has 2 atom stereocenters. The summed E-state index contributed by atoms with van der Waals surface area (Å²) < 4.78 is 25.2. The second-order valence-electron chi connectivity index (χ2n) is 3.40. The van der Waals surface area contributed by atoms with Gasteiger partial charge in [-0.05, 0) is 13.0 Å². The summed E-state index contributed by atoms with van der Waals surface area (Å²) in [4.78, 5) is 10.6. The van der Waals surface area contributed by atoms with E-state index in [9.17, 15) is 13.4 Å². The molecule has 0 aromatic heterocycles. The smallest absolute Gasteiger partial charge is 0.318 e. The number of carboxylic acid groups (broad SMARTS) is 1. The first-order valence-electron chi connectivity index (χ1n) is 4.74. The molecule has 0 aliphatic carbocycles. The number of hydrogen-bond donors (Lipinski definition) is 1. The number of rotatable bonds is 4. The van der Waals surface area contributed by atoms with E-state index in [1.165, 1.54) is 25.1 Å². The SMILES string of the molecule is CC(C(=O)O)S(=O)Cc1cccc(C#N)c1F. The van der Waals surface area contributed by atoms with Gasteiger partial charge in [0.15, 0.2) is 0 Å². The van der Waals surface area contributed by atoms with Gasteiger partial charge in [-0.1, -0.05) is 12.1 Å². The minimum Gasteiger partial charge on any atom is -0.480 e. The van der Waals surface area contributed by atoms with E-state index in [1.54, 1.807) is 6.07 Å². The Morgan fingerprint density at radius 1 is 1.65 bits per heavy atom.